The van der Waals surface area contributed by atoms with Crippen molar-refractivity contribution in [2.45, 2.75) is 27.3 Å². The first kappa shape index (κ1) is 12.8. The second-order valence-corrected chi connectivity index (χ2v) is 5.60. The Morgan fingerprint density at radius 1 is 1.33 bits per heavy atom. The number of carbonyl (C=O) groups is 1. The lowest BCUT2D eigenvalue weighted by molar-refractivity contribution is 0.0950. The molecule has 0 aliphatic heterocycles. The number of rotatable bonds is 3. The van der Waals surface area contributed by atoms with Gasteiger partial charge in [-0.2, -0.15) is 0 Å². The second kappa shape index (κ2) is 5.31. The molecule has 3 nitrogen and oxygen atoms in total. The largest absolute Gasteiger partial charge is 0.347 e. The summed E-state index contributed by atoms with van der Waals surface area (Å²) in [4.78, 5) is 17.3. The van der Waals surface area contributed by atoms with Crippen LogP contribution in [0.3, 0.4) is 0 Å². The topological polar surface area (TPSA) is 42.0 Å². The summed E-state index contributed by atoms with van der Waals surface area (Å²) in [5, 5.41) is 3.95. The molecule has 0 unspecified atom stereocenters. The van der Waals surface area contributed by atoms with Crippen molar-refractivity contribution in [2.24, 2.45) is 0 Å². The average molecular weight is 260 g/mol. The van der Waals surface area contributed by atoms with Crippen molar-refractivity contribution in [2.75, 3.05) is 0 Å². The third kappa shape index (κ3) is 2.76. The minimum absolute atomic E-state index is 0.0257. The Bertz CT molecular complexity index is 575. The number of carbonyl (C=O) groups excluding carboxylic acids is 1. The maximum absolute atomic E-state index is 12.1. The van der Waals surface area contributed by atoms with Crippen LogP contribution in [0.5, 0.6) is 0 Å². The molecule has 94 valence electrons. The van der Waals surface area contributed by atoms with E-state index < -0.39 is 0 Å². The Hall–Kier alpha value is -1.68. The smallest absolute Gasteiger partial charge is 0.251 e. The summed E-state index contributed by atoms with van der Waals surface area (Å²) in [6.45, 7) is 6.48. The normalized spacial score (nSPS) is 10.4. The number of benzene rings is 1. The molecule has 1 aromatic heterocycles. The summed E-state index contributed by atoms with van der Waals surface area (Å²) in [5.41, 5.74) is 2.92. The molecule has 18 heavy (non-hydrogen) atoms. The molecule has 1 amide bonds. The first-order valence-corrected chi connectivity index (χ1v) is 6.65. The van der Waals surface area contributed by atoms with Crippen LogP contribution >= 0.6 is 11.3 Å². The third-order valence-corrected chi connectivity index (χ3v) is 3.85. The minimum atomic E-state index is -0.0257. The molecule has 0 saturated carbocycles. The third-order valence-electron chi connectivity index (χ3n) is 2.94. The van der Waals surface area contributed by atoms with Gasteiger partial charge < -0.3 is 5.32 Å². The van der Waals surface area contributed by atoms with Gasteiger partial charge in [-0.05, 0) is 38.0 Å². The van der Waals surface area contributed by atoms with Crippen LogP contribution in [0.1, 0.15) is 31.4 Å². The van der Waals surface area contributed by atoms with Crippen LogP contribution in [0.4, 0.5) is 0 Å². The molecule has 1 N–H and O–H groups in total. The lowest BCUT2D eigenvalue weighted by Crippen LogP contribution is -2.23. The van der Waals surface area contributed by atoms with Crippen LogP contribution < -0.4 is 5.32 Å². The van der Waals surface area contributed by atoms with Crippen molar-refractivity contribution >= 4 is 17.2 Å². The van der Waals surface area contributed by atoms with Crippen molar-refractivity contribution < 1.29 is 4.79 Å². The summed E-state index contributed by atoms with van der Waals surface area (Å²) in [6.07, 6.45) is 1.81. The molecule has 0 radical (unpaired) electrons. The summed E-state index contributed by atoms with van der Waals surface area (Å²) < 4.78 is 0. The van der Waals surface area contributed by atoms with E-state index in [0.717, 1.165) is 26.6 Å². The zero-order chi connectivity index (χ0) is 13.1. The van der Waals surface area contributed by atoms with Gasteiger partial charge in [-0.3, -0.25) is 4.79 Å². The molecule has 2 aromatic rings. The van der Waals surface area contributed by atoms with E-state index in [0.29, 0.717) is 6.54 Å². The van der Waals surface area contributed by atoms with Crippen molar-refractivity contribution in [1.29, 1.82) is 0 Å². The number of hydrogen-bond donors (Lipinski definition) is 1. The summed E-state index contributed by atoms with van der Waals surface area (Å²) in [5.74, 6) is -0.0257. The van der Waals surface area contributed by atoms with Gasteiger partial charge in [-0.1, -0.05) is 12.1 Å². The first-order chi connectivity index (χ1) is 8.58. The minimum Gasteiger partial charge on any atom is -0.347 e. The van der Waals surface area contributed by atoms with E-state index in [4.69, 9.17) is 0 Å². The molecular formula is C14H16N2OS. The van der Waals surface area contributed by atoms with Gasteiger partial charge in [0, 0.05) is 16.6 Å². The SMILES string of the molecule is Cc1ncc(CNC(=O)c2cccc(C)c2C)s1. The predicted octanol–water partition coefficient (Wildman–Crippen LogP) is 3.00. The van der Waals surface area contributed by atoms with Gasteiger partial charge in [-0.15, -0.1) is 11.3 Å². The van der Waals surface area contributed by atoms with Gasteiger partial charge in [-0.25, -0.2) is 4.98 Å². The number of aryl methyl sites for hydroxylation is 2. The first-order valence-electron chi connectivity index (χ1n) is 5.83. The summed E-state index contributed by atoms with van der Waals surface area (Å²) in [7, 11) is 0. The van der Waals surface area contributed by atoms with Gasteiger partial charge >= 0.3 is 0 Å². The maximum atomic E-state index is 12.1. The molecule has 0 atom stereocenters. The van der Waals surface area contributed by atoms with Gasteiger partial charge in [0.15, 0.2) is 0 Å². The Balaban J connectivity index is 2.06. The zero-order valence-corrected chi connectivity index (χ0v) is 11.6. The Morgan fingerprint density at radius 3 is 2.78 bits per heavy atom. The van der Waals surface area contributed by atoms with E-state index in [-0.39, 0.29) is 5.91 Å². The highest BCUT2D eigenvalue weighted by Gasteiger charge is 2.10. The fourth-order valence-corrected chi connectivity index (χ4v) is 2.48. The van der Waals surface area contributed by atoms with Gasteiger partial charge in [0.2, 0.25) is 0 Å². The van der Waals surface area contributed by atoms with E-state index in [2.05, 4.69) is 10.3 Å². The molecule has 1 aromatic carbocycles. The molecule has 2 rings (SSSR count). The number of thiazole rings is 1. The molecular weight excluding hydrogens is 244 g/mol. The summed E-state index contributed by atoms with van der Waals surface area (Å²) in [6, 6.07) is 5.78. The molecule has 0 spiro atoms. The number of nitrogens with one attached hydrogen (secondary N) is 1. The van der Waals surface area contributed by atoms with E-state index in [1.165, 1.54) is 0 Å². The van der Waals surface area contributed by atoms with E-state index >= 15 is 0 Å². The van der Waals surface area contributed by atoms with Gasteiger partial charge in [0.05, 0.1) is 11.6 Å². The van der Waals surface area contributed by atoms with Crippen LogP contribution in [0.25, 0.3) is 0 Å². The van der Waals surface area contributed by atoms with E-state index in [1.54, 1.807) is 11.3 Å². The quantitative estimate of drug-likeness (QED) is 0.921. The monoisotopic (exact) mass is 260 g/mol. The average Bonchev–Trinajstić information content (AvgIpc) is 2.76. The Kier molecular flexibility index (Phi) is 3.77. The zero-order valence-electron chi connectivity index (χ0n) is 10.8. The van der Waals surface area contributed by atoms with Crippen LogP contribution in [-0.4, -0.2) is 10.9 Å². The Labute approximate surface area is 111 Å². The number of hydrogen-bond acceptors (Lipinski definition) is 3. The highest BCUT2D eigenvalue weighted by molar-refractivity contribution is 7.11. The van der Waals surface area contributed by atoms with Crippen molar-refractivity contribution in [3.8, 4) is 0 Å². The highest BCUT2D eigenvalue weighted by Crippen LogP contribution is 2.14. The van der Waals surface area contributed by atoms with Crippen molar-refractivity contribution in [1.82, 2.24) is 10.3 Å². The maximum Gasteiger partial charge on any atom is 0.251 e. The molecule has 0 aliphatic carbocycles. The van der Waals surface area contributed by atoms with Crippen molar-refractivity contribution in [3.63, 3.8) is 0 Å². The van der Waals surface area contributed by atoms with Crippen LogP contribution in [-0.2, 0) is 6.54 Å². The number of aromatic nitrogens is 1. The Morgan fingerprint density at radius 2 is 2.11 bits per heavy atom. The predicted molar refractivity (Wildman–Crippen MR) is 73.9 cm³/mol. The fraction of sp³-hybridized carbons (Fsp3) is 0.286. The molecule has 4 heteroatoms. The standard InChI is InChI=1S/C14H16N2OS/c1-9-5-4-6-13(10(9)2)14(17)16-8-12-7-15-11(3)18-12/h4-7H,8H2,1-3H3,(H,16,17). The molecule has 0 fully saturated rings. The van der Waals surface area contributed by atoms with E-state index in [9.17, 15) is 4.79 Å². The van der Waals surface area contributed by atoms with Gasteiger partial charge in [0.1, 0.15) is 0 Å². The summed E-state index contributed by atoms with van der Waals surface area (Å²) >= 11 is 1.61. The number of amides is 1. The van der Waals surface area contributed by atoms with E-state index in [1.807, 2.05) is 45.2 Å². The molecule has 0 aliphatic rings. The molecule has 1 heterocycles. The number of nitrogens with zero attached hydrogens (tertiary/aromatic N) is 1. The molecule has 0 bridgehead atoms. The molecule has 0 saturated heterocycles. The highest BCUT2D eigenvalue weighted by atomic mass is 32.1. The van der Waals surface area contributed by atoms with Crippen molar-refractivity contribution in [3.05, 3.63) is 51.0 Å². The fourth-order valence-electron chi connectivity index (χ4n) is 1.75. The van der Waals surface area contributed by atoms with Crippen LogP contribution in [0.15, 0.2) is 24.4 Å². The lowest BCUT2D eigenvalue weighted by Gasteiger charge is -2.08. The van der Waals surface area contributed by atoms with Crippen LogP contribution in [0.2, 0.25) is 0 Å². The lowest BCUT2D eigenvalue weighted by atomic mass is 10.0. The van der Waals surface area contributed by atoms with Crippen LogP contribution in [0, 0.1) is 20.8 Å². The second-order valence-electron chi connectivity index (χ2n) is 4.28. The van der Waals surface area contributed by atoms with Gasteiger partial charge in [0.25, 0.3) is 5.91 Å².